The summed E-state index contributed by atoms with van der Waals surface area (Å²) in [7, 11) is 0. The molecule has 0 atom stereocenters. The molecule has 1 saturated carbocycles. The second-order valence-corrected chi connectivity index (χ2v) is 6.69. The van der Waals surface area contributed by atoms with Crippen LogP contribution in [0.25, 0.3) is 9.40 Å². The lowest BCUT2D eigenvalue weighted by Gasteiger charge is -2.22. The van der Waals surface area contributed by atoms with Crippen molar-refractivity contribution in [3.63, 3.8) is 0 Å². The normalized spacial score (nSPS) is 18.2. The van der Waals surface area contributed by atoms with Crippen LogP contribution in [0.5, 0.6) is 0 Å². The molecule has 0 spiro atoms. The number of fused-ring (bicyclic) bond motifs is 1. The van der Waals surface area contributed by atoms with Gasteiger partial charge in [-0.1, -0.05) is 19.3 Å². The first-order valence-corrected chi connectivity index (χ1v) is 7.81. The Morgan fingerprint density at radius 2 is 2.06 bits per heavy atom. The average molecular weight is 251 g/mol. The number of nitrogens with one attached hydrogen (secondary N) is 1. The third kappa shape index (κ3) is 2.31. The van der Waals surface area contributed by atoms with Crippen LogP contribution in [0.2, 0.25) is 0 Å². The minimum absolute atomic E-state index is 0.772. The first-order chi connectivity index (χ1) is 7.92. The van der Waals surface area contributed by atoms with Gasteiger partial charge in [-0.25, -0.2) is 0 Å². The van der Waals surface area contributed by atoms with Crippen LogP contribution in [-0.2, 0) is 6.54 Å². The molecule has 0 bridgehead atoms. The molecule has 0 aliphatic heterocycles. The zero-order valence-electron chi connectivity index (χ0n) is 9.37. The SMILES string of the molecule is c1cc2sc(CNC3CCCCC3)cc2s1. The zero-order chi connectivity index (χ0) is 10.8. The van der Waals surface area contributed by atoms with Crippen LogP contribution >= 0.6 is 22.7 Å². The standard InChI is InChI=1S/C13H17NS2/c1-2-4-10(5-3-1)14-9-11-8-13-12(16-11)6-7-15-13/h6-8,10,14H,1-5,9H2. The molecule has 1 N–H and O–H groups in total. The number of thiophene rings is 2. The summed E-state index contributed by atoms with van der Waals surface area (Å²) in [5.74, 6) is 0. The highest BCUT2D eigenvalue weighted by atomic mass is 32.1. The van der Waals surface area contributed by atoms with E-state index >= 15 is 0 Å². The van der Waals surface area contributed by atoms with Crippen molar-refractivity contribution in [3.05, 3.63) is 22.4 Å². The predicted octanol–water partition coefficient (Wildman–Crippen LogP) is 4.39. The van der Waals surface area contributed by atoms with Crippen LogP contribution in [-0.4, -0.2) is 6.04 Å². The van der Waals surface area contributed by atoms with E-state index in [0.29, 0.717) is 0 Å². The van der Waals surface area contributed by atoms with Crippen LogP contribution in [0.4, 0.5) is 0 Å². The summed E-state index contributed by atoms with van der Waals surface area (Å²) < 4.78 is 2.90. The van der Waals surface area contributed by atoms with Crippen LogP contribution < -0.4 is 5.32 Å². The lowest BCUT2D eigenvalue weighted by Crippen LogP contribution is -2.30. The molecule has 1 aliphatic rings. The van der Waals surface area contributed by atoms with Gasteiger partial charge in [-0.15, -0.1) is 22.7 Å². The van der Waals surface area contributed by atoms with E-state index in [1.165, 1.54) is 46.4 Å². The maximum absolute atomic E-state index is 3.70. The summed E-state index contributed by atoms with van der Waals surface area (Å²) >= 11 is 3.79. The van der Waals surface area contributed by atoms with Gasteiger partial charge in [-0.2, -0.15) is 0 Å². The van der Waals surface area contributed by atoms with E-state index in [-0.39, 0.29) is 0 Å². The molecule has 3 heteroatoms. The van der Waals surface area contributed by atoms with Gasteiger partial charge in [0, 0.05) is 26.9 Å². The Balaban J connectivity index is 1.59. The first-order valence-electron chi connectivity index (χ1n) is 6.11. The van der Waals surface area contributed by atoms with Gasteiger partial charge in [0.2, 0.25) is 0 Å². The molecule has 1 aliphatic carbocycles. The van der Waals surface area contributed by atoms with E-state index in [0.717, 1.165) is 12.6 Å². The van der Waals surface area contributed by atoms with Crippen molar-refractivity contribution in [2.75, 3.05) is 0 Å². The lowest BCUT2D eigenvalue weighted by molar-refractivity contribution is 0.373. The average Bonchev–Trinajstić information content (AvgIpc) is 2.88. The minimum atomic E-state index is 0.772. The van der Waals surface area contributed by atoms with E-state index in [1.807, 2.05) is 22.7 Å². The molecule has 16 heavy (non-hydrogen) atoms. The van der Waals surface area contributed by atoms with Gasteiger partial charge in [-0.3, -0.25) is 0 Å². The van der Waals surface area contributed by atoms with Crippen molar-refractivity contribution in [1.82, 2.24) is 5.32 Å². The van der Waals surface area contributed by atoms with Gasteiger partial charge in [0.15, 0.2) is 0 Å². The molecule has 2 heterocycles. The van der Waals surface area contributed by atoms with Crippen LogP contribution in [0.3, 0.4) is 0 Å². The van der Waals surface area contributed by atoms with E-state index in [4.69, 9.17) is 0 Å². The molecule has 2 aromatic heterocycles. The number of hydrogen-bond acceptors (Lipinski definition) is 3. The second kappa shape index (κ2) is 4.86. The lowest BCUT2D eigenvalue weighted by atomic mass is 9.95. The fourth-order valence-corrected chi connectivity index (χ4v) is 4.54. The molecule has 0 saturated heterocycles. The van der Waals surface area contributed by atoms with Crippen LogP contribution in [0.1, 0.15) is 37.0 Å². The topological polar surface area (TPSA) is 12.0 Å². The zero-order valence-corrected chi connectivity index (χ0v) is 11.0. The van der Waals surface area contributed by atoms with Crippen LogP contribution in [0.15, 0.2) is 17.5 Å². The highest BCUT2D eigenvalue weighted by molar-refractivity contribution is 7.26. The molecule has 3 rings (SSSR count). The fraction of sp³-hybridized carbons (Fsp3) is 0.538. The summed E-state index contributed by atoms with van der Waals surface area (Å²) in [5.41, 5.74) is 0. The highest BCUT2D eigenvalue weighted by Crippen LogP contribution is 2.30. The first kappa shape index (κ1) is 10.8. The van der Waals surface area contributed by atoms with Gasteiger partial charge in [0.25, 0.3) is 0 Å². The Morgan fingerprint density at radius 3 is 2.88 bits per heavy atom. The molecule has 0 unspecified atom stereocenters. The molecule has 86 valence electrons. The molecule has 0 amide bonds. The van der Waals surface area contributed by atoms with E-state index in [1.54, 1.807) is 0 Å². The van der Waals surface area contributed by atoms with Crippen molar-refractivity contribution >= 4 is 32.1 Å². The predicted molar refractivity (Wildman–Crippen MR) is 73.4 cm³/mol. The third-order valence-electron chi connectivity index (χ3n) is 3.36. The van der Waals surface area contributed by atoms with Gasteiger partial charge < -0.3 is 5.32 Å². The number of rotatable bonds is 3. The fourth-order valence-electron chi connectivity index (χ4n) is 2.45. The van der Waals surface area contributed by atoms with Crippen LogP contribution in [0, 0.1) is 0 Å². The summed E-state index contributed by atoms with van der Waals surface area (Å²) in [6, 6.07) is 5.35. The largest absolute Gasteiger partial charge is 0.309 e. The summed E-state index contributed by atoms with van der Waals surface area (Å²) in [4.78, 5) is 1.49. The Bertz CT molecular complexity index is 423. The molecular formula is C13H17NS2. The van der Waals surface area contributed by atoms with Crippen molar-refractivity contribution in [2.24, 2.45) is 0 Å². The quantitative estimate of drug-likeness (QED) is 0.853. The maximum Gasteiger partial charge on any atom is 0.0453 e. The second-order valence-electron chi connectivity index (χ2n) is 4.58. The van der Waals surface area contributed by atoms with Gasteiger partial charge in [-0.05, 0) is 30.4 Å². The van der Waals surface area contributed by atoms with E-state index in [9.17, 15) is 0 Å². The molecule has 0 radical (unpaired) electrons. The molecule has 1 fully saturated rings. The summed E-state index contributed by atoms with van der Waals surface area (Å²) in [6.07, 6.45) is 7.01. The minimum Gasteiger partial charge on any atom is -0.309 e. The van der Waals surface area contributed by atoms with E-state index in [2.05, 4.69) is 22.8 Å². The summed E-state index contributed by atoms with van der Waals surface area (Å²) in [6.45, 7) is 1.07. The van der Waals surface area contributed by atoms with Crippen molar-refractivity contribution in [3.8, 4) is 0 Å². The molecule has 2 aromatic rings. The van der Waals surface area contributed by atoms with Gasteiger partial charge >= 0.3 is 0 Å². The Labute approximate surface area is 104 Å². The molecule has 1 nitrogen and oxygen atoms in total. The van der Waals surface area contributed by atoms with Gasteiger partial charge in [0.1, 0.15) is 0 Å². The highest BCUT2D eigenvalue weighted by Gasteiger charge is 2.12. The number of hydrogen-bond donors (Lipinski definition) is 1. The third-order valence-corrected chi connectivity index (χ3v) is 5.45. The summed E-state index contributed by atoms with van der Waals surface area (Å²) in [5, 5.41) is 5.88. The molecular weight excluding hydrogens is 234 g/mol. The Morgan fingerprint density at radius 1 is 1.19 bits per heavy atom. The smallest absolute Gasteiger partial charge is 0.0453 e. The maximum atomic E-state index is 3.70. The monoisotopic (exact) mass is 251 g/mol. The Kier molecular flexibility index (Phi) is 3.27. The van der Waals surface area contributed by atoms with Gasteiger partial charge in [0.05, 0.1) is 0 Å². The van der Waals surface area contributed by atoms with Crippen molar-refractivity contribution in [2.45, 2.75) is 44.7 Å². The van der Waals surface area contributed by atoms with Crippen molar-refractivity contribution < 1.29 is 0 Å². The Hall–Kier alpha value is -0.380. The van der Waals surface area contributed by atoms with E-state index < -0.39 is 0 Å². The molecule has 0 aromatic carbocycles. The van der Waals surface area contributed by atoms with Crippen molar-refractivity contribution in [1.29, 1.82) is 0 Å².